The van der Waals surface area contributed by atoms with Gasteiger partial charge in [0.15, 0.2) is 5.16 Å². The minimum atomic E-state index is -0.851. The average Bonchev–Trinajstić information content (AvgIpc) is 3.10. The molecule has 0 saturated carbocycles. The van der Waals surface area contributed by atoms with E-state index in [1.165, 1.54) is 22.4 Å². The van der Waals surface area contributed by atoms with Crippen LogP contribution < -0.4 is 10.9 Å². The van der Waals surface area contributed by atoms with Crippen molar-refractivity contribution < 1.29 is 13.6 Å². The summed E-state index contributed by atoms with van der Waals surface area (Å²) in [6.07, 6.45) is 0.686. The number of anilines is 1. The van der Waals surface area contributed by atoms with Gasteiger partial charge in [0, 0.05) is 17.7 Å². The lowest BCUT2D eigenvalue weighted by Gasteiger charge is -2.13. The Hall–Kier alpha value is -2.65. The number of carbonyl (C=O) groups is 1. The number of halogens is 2. The van der Waals surface area contributed by atoms with Crippen LogP contribution in [0.25, 0.3) is 5.69 Å². The molecule has 9 heteroatoms. The fourth-order valence-corrected chi connectivity index (χ4v) is 5.03. The molecule has 1 amide bonds. The molecule has 2 heterocycles. The molecule has 1 aliphatic rings. The number of rotatable bonds is 5. The minimum Gasteiger partial charge on any atom is -0.323 e. The lowest BCUT2D eigenvalue weighted by atomic mass is 10.2. The maximum Gasteiger partial charge on any atom is 0.272 e. The monoisotopic (exact) mass is 445 g/mol. The molecule has 5 nitrogen and oxygen atoms in total. The quantitative estimate of drug-likeness (QED) is 0.469. The van der Waals surface area contributed by atoms with Crippen molar-refractivity contribution in [1.29, 1.82) is 0 Å². The molecular formula is C21H17F2N3O2S2. The van der Waals surface area contributed by atoms with Crippen LogP contribution in [0.1, 0.15) is 12.6 Å². The van der Waals surface area contributed by atoms with Gasteiger partial charge in [-0.25, -0.2) is 13.8 Å². The molecule has 30 heavy (non-hydrogen) atoms. The van der Waals surface area contributed by atoms with Gasteiger partial charge in [-0.15, -0.1) is 11.8 Å². The van der Waals surface area contributed by atoms with Gasteiger partial charge in [-0.05, 0) is 24.3 Å². The molecule has 0 aliphatic carbocycles. The predicted molar refractivity (Wildman–Crippen MR) is 115 cm³/mol. The summed E-state index contributed by atoms with van der Waals surface area (Å²) < 4.78 is 28.3. The van der Waals surface area contributed by atoms with Gasteiger partial charge in [0.2, 0.25) is 5.91 Å². The Labute approximate surface area is 179 Å². The standard InChI is InChI=1S/C21H17F2N3O2S2/c1-12-9-17-19(30-12)20(28)26(14-5-3-2-4-6-14)21(25-17)29-11-18(27)24-16-8-7-13(22)10-15(16)23/h2-8,10,12H,9,11H2,1H3,(H,24,27). The number of amides is 1. The normalized spacial score (nSPS) is 15.1. The van der Waals surface area contributed by atoms with E-state index in [2.05, 4.69) is 10.3 Å². The van der Waals surface area contributed by atoms with E-state index in [9.17, 15) is 18.4 Å². The third-order valence-electron chi connectivity index (χ3n) is 4.43. The fourth-order valence-electron chi connectivity index (χ4n) is 3.11. The number of aromatic nitrogens is 2. The summed E-state index contributed by atoms with van der Waals surface area (Å²) in [7, 11) is 0. The maximum atomic E-state index is 13.8. The Morgan fingerprint density at radius 2 is 2.03 bits per heavy atom. The molecule has 2 aromatic carbocycles. The highest BCUT2D eigenvalue weighted by molar-refractivity contribution is 8.00. The number of fused-ring (bicyclic) bond motifs is 1. The van der Waals surface area contributed by atoms with Gasteiger partial charge in [0.25, 0.3) is 5.56 Å². The van der Waals surface area contributed by atoms with Crippen LogP contribution in [0.3, 0.4) is 0 Å². The van der Waals surface area contributed by atoms with E-state index in [0.29, 0.717) is 28.2 Å². The largest absolute Gasteiger partial charge is 0.323 e. The summed E-state index contributed by atoms with van der Waals surface area (Å²) in [5, 5.41) is 3.08. The topological polar surface area (TPSA) is 64.0 Å². The molecule has 0 spiro atoms. The highest BCUT2D eigenvalue weighted by atomic mass is 32.2. The van der Waals surface area contributed by atoms with Crippen molar-refractivity contribution in [2.75, 3.05) is 11.1 Å². The van der Waals surface area contributed by atoms with Gasteiger partial charge in [-0.2, -0.15) is 0 Å². The fraction of sp³-hybridized carbons (Fsp3) is 0.190. The van der Waals surface area contributed by atoms with Crippen LogP contribution in [0.4, 0.5) is 14.5 Å². The van der Waals surface area contributed by atoms with Crippen molar-refractivity contribution in [3.05, 3.63) is 76.2 Å². The zero-order valence-corrected chi connectivity index (χ0v) is 17.5. The first kappa shape index (κ1) is 20.6. The van der Waals surface area contributed by atoms with Gasteiger partial charge in [-0.1, -0.05) is 36.9 Å². The summed E-state index contributed by atoms with van der Waals surface area (Å²) in [6, 6.07) is 12.0. The minimum absolute atomic E-state index is 0.0857. The molecule has 0 fully saturated rings. The highest BCUT2D eigenvalue weighted by Crippen LogP contribution is 2.34. The van der Waals surface area contributed by atoms with Crippen LogP contribution in [0.2, 0.25) is 0 Å². The first-order valence-electron chi connectivity index (χ1n) is 9.18. The molecule has 3 aromatic rings. The first-order chi connectivity index (χ1) is 14.4. The van der Waals surface area contributed by atoms with Crippen molar-refractivity contribution in [3.8, 4) is 5.69 Å². The Kier molecular flexibility index (Phi) is 5.92. The van der Waals surface area contributed by atoms with E-state index in [1.54, 1.807) is 12.1 Å². The molecule has 0 radical (unpaired) electrons. The van der Waals surface area contributed by atoms with Crippen LogP contribution in [0.15, 0.2) is 63.4 Å². The molecule has 1 aliphatic heterocycles. The lowest BCUT2D eigenvalue weighted by molar-refractivity contribution is -0.113. The Morgan fingerprint density at radius 3 is 2.77 bits per heavy atom. The molecule has 4 rings (SSSR count). The first-order valence-corrected chi connectivity index (χ1v) is 11.0. The van der Waals surface area contributed by atoms with Crippen LogP contribution in [-0.4, -0.2) is 26.5 Å². The van der Waals surface area contributed by atoms with Crippen molar-refractivity contribution in [2.45, 2.75) is 28.6 Å². The number of hydrogen-bond donors (Lipinski definition) is 1. The van der Waals surface area contributed by atoms with Crippen LogP contribution in [0, 0.1) is 11.6 Å². The summed E-state index contributed by atoms with van der Waals surface area (Å²) in [6.45, 7) is 2.04. The molecule has 1 unspecified atom stereocenters. The zero-order chi connectivity index (χ0) is 21.3. The number of carbonyl (C=O) groups excluding carboxylic acids is 1. The second-order valence-electron chi connectivity index (χ2n) is 6.74. The summed E-state index contributed by atoms with van der Waals surface area (Å²) in [4.78, 5) is 30.8. The van der Waals surface area contributed by atoms with Crippen molar-refractivity contribution >= 4 is 35.1 Å². The Morgan fingerprint density at radius 1 is 1.27 bits per heavy atom. The van der Waals surface area contributed by atoms with E-state index in [4.69, 9.17) is 0 Å². The Bertz CT molecular complexity index is 1170. The number of nitrogens with one attached hydrogen (secondary N) is 1. The van der Waals surface area contributed by atoms with Gasteiger partial charge < -0.3 is 5.32 Å². The predicted octanol–water partition coefficient (Wildman–Crippen LogP) is 4.28. The number of benzene rings is 2. The summed E-state index contributed by atoms with van der Waals surface area (Å²) in [5.74, 6) is -2.14. The van der Waals surface area contributed by atoms with Gasteiger partial charge >= 0.3 is 0 Å². The third-order valence-corrected chi connectivity index (χ3v) is 6.59. The number of thioether (sulfide) groups is 2. The average molecular weight is 446 g/mol. The molecule has 1 N–H and O–H groups in total. The van der Waals surface area contributed by atoms with Gasteiger partial charge in [0.05, 0.1) is 27.7 Å². The SMILES string of the molecule is CC1Cc2nc(SCC(=O)Nc3ccc(F)cc3F)n(-c3ccccc3)c(=O)c2S1. The summed E-state index contributed by atoms with van der Waals surface area (Å²) >= 11 is 2.60. The molecule has 154 valence electrons. The van der Waals surface area contributed by atoms with Crippen molar-refractivity contribution in [1.82, 2.24) is 9.55 Å². The van der Waals surface area contributed by atoms with E-state index in [-0.39, 0.29) is 22.2 Å². The molecule has 1 aromatic heterocycles. The molecule has 0 bridgehead atoms. The van der Waals surface area contributed by atoms with E-state index >= 15 is 0 Å². The second-order valence-corrected chi connectivity index (χ2v) is 9.13. The molecule has 0 saturated heterocycles. The highest BCUT2D eigenvalue weighted by Gasteiger charge is 2.27. The van der Waals surface area contributed by atoms with Crippen LogP contribution in [0.5, 0.6) is 0 Å². The van der Waals surface area contributed by atoms with E-state index < -0.39 is 17.5 Å². The lowest BCUT2D eigenvalue weighted by Crippen LogP contribution is -2.24. The van der Waals surface area contributed by atoms with Crippen LogP contribution in [-0.2, 0) is 11.2 Å². The van der Waals surface area contributed by atoms with Gasteiger partial charge in [-0.3, -0.25) is 14.2 Å². The zero-order valence-electron chi connectivity index (χ0n) is 15.9. The summed E-state index contributed by atoms with van der Waals surface area (Å²) in [5.41, 5.74) is 1.13. The number of para-hydroxylation sites is 1. The molecular weight excluding hydrogens is 428 g/mol. The van der Waals surface area contributed by atoms with Crippen LogP contribution >= 0.6 is 23.5 Å². The maximum absolute atomic E-state index is 13.8. The number of hydrogen-bond acceptors (Lipinski definition) is 5. The van der Waals surface area contributed by atoms with E-state index in [1.807, 2.05) is 25.1 Å². The third kappa shape index (κ3) is 4.27. The smallest absolute Gasteiger partial charge is 0.272 e. The second kappa shape index (κ2) is 8.61. The molecule has 1 atom stereocenters. The Balaban J connectivity index is 1.61. The van der Waals surface area contributed by atoms with Gasteiger partial charge in [0.1, 0.15) is 11.6 Å². The van der Waals surface area contributed by atoms with E-state index in [0.717, 1.165) is 23.5 Å². The number of nitrogens with zero attached hydrogens (tertiary/aromatic N) is 2. The van der Waals surface area contributed by atoms with Crippen molar-refractivity contribution in [2.24, 2.45) is 0 Å². The van der Waals surface area contributed by atoms with Crippen molar-refractivity contribution in [3.63, 3.8) is 0 Å².